The lowest BCUT2D eigenvalue weighted by molar-refractivity contribution is -0.152. The monoisotopic (exact) mass is 488 g/mol. The van der Waals surface area contributed by atoms with E-state index in [4.69, 9.17) is 14.2 Å². The summed E-state index contributed by atoms with van der Waals surface area (Å²) in [6.07, 6.45) is 8.48. The lowest BCUT2D eigenvalue weighted by atomic mass is 9.73. The first-order chi connectivity index (χ1) is 16.8. The van der Waals surface area contributed by atoms with Crippen molar-refractivity contribution in [3.63, 3.8) is 0 Å². The van der Waals surface area contributed by atoms with Crippen LogP contribution in [-0.2, 0) is 31.9 Å². The molecule has 0 radical (unpaired) electrons. The molecule has 1 aromatic rings. The maximum absolute atomic E-state index is 12.6. The van der Waals surface area contributed by atoms with Gasteiger partial charge in [-0.05, 0) is 79.4 Å². The molecule has 1 saturated carbocycles. The van der Waals surface area contributed by atoms with Gasteiger partial charge in [0.15, 0.2) is 6.61 Å². The van der Waals surface area contributed by atoms with E-state index in [0.29, 0.717) is 18.3 Å². The van der Waals surface area contributed by atoms with Crippen LogP contribution in [0, 0.1) is 23.7 Å². The molecule has 1 aromatic carbocycles. The van der Waals surface area contributed by atoms with Crippen LogP contribution in [0.15, 0.2) is 18.2 Å². The zero-order chi connectivity index (χ0) is 25.4. The fourth-order valence-corrected chi connectivity index (χ4v) is 5.95. The van der Waals surface area contributed by atoms with Gasteiger partial charge >= 0.3 is 11.9 Å². The Bertz CT molecular complexity index is 834. The maximum Gasteiger partial charge on any atom is 0.343 e. The van der Waals surface area contributed by atoms with Crippen LogP contribution in [0.5, 0.6) is 5.75 Å². The van der Waals surface area contributed by atoms with Crippen LogP contribution in [0.2, 0.25) is 0 Å². The highest BCUT2D eigenvalue weighted by Crippen LogP contribution is 2.49. The standard InChI is InChI=1S/C29H44O6/c1-5-6-7-10-22(30)12-13-23-24-15-20-9-8-11-26(34-18-29(32)33-4)25(20)16-21(24)17-27(23)35-28(31)14-19(2)3/h8-9,11,19,21-24,27,30H,5-7,10,12-18H2,1-4H3/t21-,22-,23+,24-,27+/m0/s1. The van der Waals surface area contributed by atoms with Gasteiger partial charge in [-0.1, -0.05) is 52.2 Å². The van der Waals surface area contributed by atoms with E-state index in [1.807, 2.05) is 26.0 Å². The first-order valence-corrected chi connectivity index (χ1v) is 13.5. The molecule has 0 aliphatic heterocycles. The normalized spacial score (nSPS) is 23.9. The van der Waals surface area contributed by atoms with E-state index >= 15 is 0 Å². The van der Waals surface area contributed by atoms with Crippen LogP contribution in [0.3, 0.4) is 0 Å². The van der Waals surface area contributed by atoms with Crippen molar-refractivity contribution in [2.45, 2.75) is 97.2 Å². The van der Waals surface area contributed by atoms with Crippen molar-refractivity contribution < 1.29 is 28.9 Å². The molecule has 0 bridgehead atoms. The van der Waals surface area contributed by atoms with Crippen LogP contribution in [0.4, 0.5) is 0 Å². The fraction of sp³-hybridized carbons (Fsp3) is 0.724. The number of benzene rings is 1. The highest BCUT2D eigenvalue weighted by molar-refractivity contribution is 5.71. The first-order valence-electron chi connectivity index (χ1n) is 13.5. The van der Waals surface area contributed by atoms with E-state index < -0.39 is 5.97 Å². The van der Waals surface area contributed by atoms with Gasteiger partial charge < -0.3 is 19.3 Å². The van der Waals surface area contributed by atoms with E-state index in [2.05, 4.69) is 13.0 Å². The van der Waals surface area contributed by atoms with Gasteiger partial charge in [0.25, 0.3) is 0 Å². The molecule has 0 spiro atoms. The average Bonchev–Trinajstić information content (AvgIpc) is 3.14. The summed E-state index contributed by atoms with van der Waals surface area (Å²) >= 11 is 0. The molecule has 35 heavy (non-hydrogen) atoms. The van der Waals surface area contributed by atoms with Crippen molar-refractivity contribution in [1.29, 1.82) is 0 Å². The predicted octanol–water partition coefficient (Wildman–Crippen LogP) is 5.27. The van der Waals surface area contributed by atoms with Gasteiger partial charge in [0.2, 0.25) is 0 Å². The molecule has 6 heteroatoms. The number of fused-ring (bicyclic) bond motifs is 2. The third-order valence-electron chi connectivity index (χ3n) is 7.73. The van der Waals surface area contributed by atoms with E-state index in [1.165, 1.54) is 12.7 Å². The third-order valence-corrected chi connectivity index (χ3v) is 7.73. The van der Waals surface area contributed by atoms with Crippen LogP contribution < -0.4 is 4.74 Å². The molecule has 6 nitrogen and oxygen atoms in total. The van der Waals surface area contributed by atoms with Gasteiger partial charge in [-0.2, -0.15) is 0 Å². The molecule has 0 heterocycles. The Morgan fingerprint density at radius 3 is 2.63 bits per heavy atom. The Morgan fingerprint density at radius 1 is 1.11 bits per heavy atom. The molecule has 5 atom stereocenters. The molecule has 196 valence electrons. The van der Waals surface area contributed by atoms with Gasteiger partial charge in [0, 0.05) is 6.42 Å². The second-order valence-electron chi connectivity index (χ2n) is 10.8. The van der Waals surface area contributed by atoms with Crippen molar-refractivity contribution in [2.75, 3.05) is 13.7 Å². The third kappa shape index (κ3) is 7.70. The summed E-state index contributed by atoms with van der Waals surface area (Å²) in [6, 6.07) is 6.04. The van der Waals surface area contributed by atoms with E-state index in [0.717, 1.165) is 69.1 Å². The number of aliphatic hydroxyl groups is 1. The quantitative estimate of drug-likeness (QED) is 0.301. The molecule has 0 saturated heterocycles. The molecular formula is C29H44O6. The number of carbonyl (C=O) groups excluding carboxylic acids is 2. The highest BCUT2D eigenvalue weighted by Gasteiger charge is 2.47. The molecule has 2 aliphatic carbocycles. The molecule has 1 N–H and O–H groups in total. The van der Waals surface area contributed by atoms with Gasteiger partial charge in [-0.3, -0.25) is 4.79 Å². The van der Waals surface area contributed by atoms with Crippen molar-refractivity contribution in [1.82, 2.24) is 0 Å². The summed E-state index contributed by atoms with van der Waals surface area (Å²) < 4.78 is 16.6. The van der Waals surface area contributed by atoms with Crippen molar-refractivity contribution in [3.05, 3.63) is 29.3 Å². The fourth-order valence-electron chi connectivity index (χ4n) is 5.95. The summed E-state index contributed by atoms with van der Waals surface area (Å²) in [5.74, 6) is 1.56. The smallest absolute Gasteiger partial charge is 0.343 e. The molecule has 1 fully saturated rings. The van der Waals surface area contributed by atoms with Gasteiger partial charge in [0.1, 0.15) is 11.9 Å². The average molecular weight is 489 g/mol. The second kappa shape index (κ2) is 13.3. The van der Waals surface area contributed by atoms with Crippen LogP contribution >= 0.6 is 0 Å². The van der Waals surface area contributed by atoms with E-state index in [1.54, 1.807) is 0 Å². The van der Waals surface area contributed by atoms with Crippen molar-refractivity contribution in [2.24, 2.45) is 23.7 Å². The zero-order valence-corrected chi connectivity index (χ0v) is 22.0. The number of carbonyl (C=O) groups is 2. The van der Waals surface area contributed by atoms with Crippen LogP contribution in [0.25, 0.3) is 0 Å². The Labute approximate surface area is 210 Å². The van der Waals surface area contributed by atoms with Crippen LogP contribution in [0.1, 0.15) is 83.3 Å². The van der Waals surface area contributed by atoms with Crippen molar-refractivity contribution in [3.8, 4) is 5.75 Å². The first kappa shape index (κ1) is 27.5. The molecule has 2 aliphatic rings. The number of hydrogen-bond donors (Lipinski definition) is 1. The number of aliphatic hydroxyl groups excluding tert-OH is 1. The summed E-state index contributed by atoms with van der Waals surface area (Å²) in [6.45, 7) is 6.14. The summed E-state index contributed by atoms with van der Waals surface area (Å²) in [7, 11) is 1.36. The number of esters is 2. The molecule has 0 unspecified atom stereocenters. The predicted molar refractivity (Wildman–Crippen MR) is 135 cm³/mol. The Balaban J connectivity index is 1.73. The number of ether oxygens (including phenoxy) is 3. The number of methoxy groups -OCH3 is 1. The molecular weight excluding hydrogens is 444 g/mol. The topological polar surface area (TPSA) is 82.1 Å². The van der Waals surface area contributed by atoms with E-state index in [9.17, 15) is 14.7 Å². The SMILES string of the molecule is CCCCC[C@H](O)CC[C@@H]1[C@H]2Cc3cccc(OCC(=O)OC)c3C[C@H]2C[C@H]1OC(=O)CC(C)C. The Hall–Kier alpha value is -2.08. The second-order valence-corrected chi connectivity index (χ2v) is 10.8. The van der Waals surface area contributed by atoms with Gasteiger partial charge in [0.05, 0.1) is 13.2 Å². The molecule has 0 aromatic heterocycles. The maximum atomic E-state index is 12.6. The lowest BCUT2D eigenvalue weighted by Crippen LogP contribution is -2.30. The van der Waals surface area contributed by atoms with E-state index in [-0.39, 0.29) is 36.6 Å². The zero-order valence-electron chi connectivity index (χ0n) is 22.0. The van der Waals surface area contributed by atoms with Gasteiger partial charge in [-0.25, -0.2) is 4.79 Å². The number of hydrogen-bond acceptors (Lipinski definition) is 6. The summed E-state index contributed by atoms with van der Waals surface area (Å²) in [5, 5.41) is 10.6. The number of unbranched alkanes of at least 4 members (excludes halogenated alkanes) is 2. The minimum absolute atomic E-state index is 0.102. The Morgan fingerprint density at radius 2 is 1.91 bits per heavy atom. The van der Waals surface area contributed by atoms with Gasteiger partial charge in [-0.15, -0.1) is 0 Å². The minimum atomic E-state index is -0.396. The minimum Gasteiger partial charge on any atom is -0.482 e. The van der Waals surface area contributed by atoms with Crippen molar-refractivity contribution >= 4 is 11.9 Å². The molecule has 3 rings (SSSR count). The highest BCUT2D eigenvalue weighted by atomic mass is 16.6. The lowest BCUT2D eigenvalue weighted by Gasteiger charge is -2.32. The summed E-state index contributed by atoms with van der Waals surface area (Å²) in [5.41, 5.74) is 2.40. The van der Waals surface area contributed by atoms with Crippen LogP contribution in [-0.4, -0.2) is 43.0 Å². The summed E-state index contributed by atoms with van der Waals surface area (Å²) in [4.78, 5) is 24.2. The molecule has 0 amide bonds. The Kier molecular flexibility index (Phi) is 10.4. The number of rotatable bonds is 13. The largest absolute Gasteiger partial charge is 0.482 e.